The van der Waals surface area contributed by atoms with Crippen LogP contribution in [-0.4, -0.2) is 32.8 Å². The van der Waals surface area contributed by atoms with Crippen LogP contribution in [0, 0.1) is 11.3 Å². The summed E-state index contributed by atoms with van der Waals surface area (Å²) < 4.78 is 5.35. The predicted octanol–water partition coefficient (Wildman–Crippen LogP) is 1.13. The van der Waals surface area contributed by atoms with Crippen molar-refractivity contribution < 1.29 is 4.74 Å². The van der Waals surface area contributed by atoms with Crippen LogP contribution >= 0.6 is 0 Å². The Kier molecular flexibility index (Phi) is 4.00. The van der Waals surface area contributed by atoms with Gasteiger partial charge in [-0.2, -0.15) is 0 Å². The smallest absolute Gasteiger partial charge is 0.0468 e. The van der Waals surface area contributed by atoms with Crippen molar-refractivity contribution in [1.29, 1.82) is 0 Å². The lowest BCUT2D eigenvalue weighted by atomic mass is 9.96. The number of hydrogen-bond donors (Lipinski definition) is 2. The van der Waals surface area contributed by atoms with Gasteiger partial charge in [0, 0.05) is 19.8 Å². The molecule has 15 heavy (non-hydrogen) atoms. The normalized spacial score (nSPS) is 25.4. The minimum absolute atomic E-state index is 0.482. The van der Waals surface area contributed by atoms with E-state index in [0.29, 0.717) is 5.41 Å². The molecule has 1 aliphatic carbocycles. The topological polar surface area (TPSA) is 47.3 Å². The van der Waals surface area contributed by atoms with Gasteiger partial charge in [-0.1, -0.05) is 0 Å². The van der Waals surface area contributed by atoms with Gasteiger partial charge in [0.15, 0.2) is 0 Å². The SMILES string of the molecule is NCC1(CNCCC2CCOCC2)CC1. The Balaban J connectivity index is 1.51. The molecule has 1 saturated heterocycles. The van der Waals surface area contributed by atoms with E-state index in [-0.39, 0.29) is 0 Å². The van der Waals surface area contributed by atoms with Crippen LogP contribution in [0.5, 0.6) is 0 Å². The molecule has 0 aromatic heterocycles. The summed E-state index contributed by atoms with van der Waals surface area (Å²) in [5.41, 5.74) is 6.22. The highest BCUT2D eigenvalue weighted by Gasteiger charge is 2.40. The van der Waals surface area contributed by atoms with Crippen LogP contribution in [0.3, 0.4) is 0 Å². The maximum Gasteiger partial charge on any atom is 0.0468 e. The maximum absolute atomic E-state index is 5.74. The second-order valence-corrected chi connectivity index (χ2v) is 5.23. The molecule has 0 aromatic rings. The van der Waals surface area contributed by atoms with E-state index in [9.17, 15) is 0 Å². The molecule has 0 amide bonds. The highest BCUT2D eigenvalue weighted by Crippen LogP contribution is 2.43. The molecule has 0 atom stereocenters. The van der Waals surface area contributed by atoms with Gasteiger partial charge >= 0.3 is 0 Å². The summed E-state index contributed by atoms with van der Waals surface area (Å²) in [4.78, 5) is 0. The lowest BCUT2D eigenvalue weighted by molar-refractivity contribution is 0.0639. The first-order valence-electron chi connectivity index (χ1n) is 6.33. The monoisotopic (exact) mass is 212 g/mol. The zero-order chi connectivity index (χ0) is 10.6. The Labute approximate surface area is 92.7 Å². The van der Waals surface area contributed by atoms with E-state index in [1.807, 2.05) is 0 Å². The summed E-state index contributed by atoms with van der Waals surface area (Å²) in [6.07, 6.45) is 6.47. The number of nitrogens with one attached hydrogen (secondary N) is 1. The van der Waals surface area contributed by atoms with Gasteiger partial charge in [-0.15, -0.1) is 0 Å². The first-order valence-corrected chi connectivity index (χ1v) is 6.33. The molecule has 1 aliphatic heterocycles. The van der Waals surface area contributed by atoms with E-state index in [1.54, 1.807) is 0 Å². The predicted molar refractivity (Wildman–Crippen MR) is 61.8 cm³/mol. The fourth-order valence-electron chi connectivity index (χ4n) is 2.32. The molecule has 1 saturated carbocycles. The molecule has 2 aliphatic rings. The summed E-state index contributed by atoms with van der Waals surface area (Å²) in [6, 6.07) is 0. The number of ether oxygens (including phenoxy) is 1. The number of rotatable bonds is 6. The summed E-state index contributed by atoms with van der Waals surface area (Å²) in [5, 5.41) is 3.57. The van der Waals surface area contributed by atoms with Crippen molar-refractivity contribution in [1.82, 2.24) is 5.32 Å². The molecule has 88 valence electrons. The molecular formula is C12H24N2O. The van der Waals surface area contributed by atoms with Crippen molar-refractivity contribution in [3.63, 3.8) is 0 Å². The second kappa shape index (κ2) is 5.28. The van der Waals surface area contributed by atoms with Crippen LogP contribution in [-0.2, 0) is 4.74 Å². The van der Waals surface area contributed by atoms with Crippen molar-refractivity contribution in [2.45, 2.75) is 32.1 Å². The van der Waals surface area contributed by atoms with Gasteiger partial charge in [-0.05, 0) is 56.5 Å². The molecule has 3 nitrogen and oxygen atoms in total. The van der Waals surface area contributed by atoms with Gasteiger partial charge in [-0.25, -0.2) is 0 Å². The van der Waals surface area contributed by atoms with E-state index >= 15 is 0 Å². The maximum atomic E-state index is 5.74. The Morgan fingerprint density at radius 3 is 2.60 bits per heavy atom. The molecule has 3 heteroatoms. The second-order valence-electron chi connectivity index (χ2n) is 5.23. The van der Waals surface area contributed by atoms with Gasteiger partial charge in [0.25, 0.3) is 0 Å². The minimum atomic E-state index is 0.482. The summed E-state index contributed by atoms with van der Waals surface area (Å²) in [6.45, 7) is 5.09. The largest absolute Gasteiger partial charge is 0.381 e. The molecule has 1 heterocycles. The summed E-state index contributed by atoms with van der Waals surface area (Å²) >= 11 is 0. The molecular weight excluding hydrogens is 188 g/mol. The van der Waals surface area contributed by atoms with Gasteiger partial charge in [0.05, 0.1) is 0 Å². The Bertz CT molecular complexity index is 186. The average Bonchev–Trinajstić information content (AvgIpc) is 3.07. The summed E-state index contributed by atoms with van der Waals surface area (Å²) in [7, 11) is 0. The van der Waals surface area contributed by atoms with Crippen molar-refractivity contribution >= 4 is 0 Å². The third-order valence-corrected chi connectivity index (χ3v) is 3.96. The zero-order valence-corrected chi connectivity index (χ0v) is 9.63. The number of nitrogens with two attached hydrogens (primary N) is 1. The molecule has 2 fully saturated rings. The van der Waals surface area contributed by atoms with E-state index < -0.39 is 0 Å². The first kappa shape index (κ1) is 11.4. The van der Waals surface area contributed by atoms with Gasteiger partial charge in [0.1, 0.15) is 0 Å². The van der Waals surface area contributed by atoms with Crippen molar-refractivity contribution in [2.75, 3.05) is 32.8 Å². The van der Waals surface area contributed by atoms with Gasteiger partial charge < -0.3 is 15.8 Å². The Morgan fingerprint density at radius 2 is 2.00 bits per heavy atom. The molecule has 0 bridgehead atoms. The highest BCUT2D eigenvalue weighted by atomic mass is 16.5. The fourth-order valence-corrected chi connectivity index (χ4v) is 2.32. The van der Waals surface area contributed by atoms with Crippen LogP contribution in [0.15, 0.2) is 0 Å². The minimum Gasteiger partial charge on any atom is -0.381 e. The molecule has 0 spiro atoms. The summed E-state index contributed by atoms with van der Waals surface area (Å²) in [5.74, 6) is 0.888. The van der Waals surface area contributed by atoms with Crippen molar-refractivity contribution in [3.8, 4) is 0 Å². The van der Waals surface area contributed by atoms with Crippen molar-refractivity contribution in [3.05, 3.63) is 0 Å². The lowest BCUT2D eigenvalue weighted by Crippen LogP contribution is -2.31. The number of hydrogen-bond acceptors (Lipinski definition) is 3. The third-order valence-electron chi connectivity index (χ3n) is 3.96. The standard InChI is InChI=1S/C12H24N2O/c13-9-12(4-5-12)10-14-6-1-11-2-7-15-8-3-11/h11,14H,1-10,13H2. The van der Waals surface area contributed by atoms with Crippen LogP contribution in [0.2, 0.25) is 0 Å². The molecule has 0 unspecified atom stereocenters. The van der Waals surface area contributed by atoms with Crippen molar-refractivity contribution in [2.24, 2.45) is 17.1 Å². The molecule has 2 rings (SSSR count). The quantitative estimate of drug-likeness (QED) is 0.649. The van der Waals surface area contributed by atoms with E-state index in [4.69, 9.17) is 10.5 Å². The lowest BCUT2D eigenvalue weighted by Gasteiger charge is -2.22. The fraction of sp³-hybridized carbons (Fsp3) is 1.00. The molecule has 0 radical (unpaired) electrons. The molecule has 3 N–H and O–H groups in total. The van der Waals surface area contributed by atoms with Crippen LogP contribution < -0.4 is 11.1 Å². The van der Waals surface area contributed by atoms with Crippen LogP contribution in [0.1, 0.15) is 32.1 Å². The zero-order valence-electron chi connectivity index (χ0n) is 9.63. The average molecular weight is 212 g/mol. The van der Waals surface area contributed by atoms with Crippen LogP contribution in [0.4, 0.5) is 0 Å². The Morgan fingerprint density at radius 1 is 1.27 bits per heavy atom. The highest BCUT2D eigenvalue weighted by molar-refractivity contribution is 4.95. The van der Waals surface area contributed by atoms with E-state index in [1.165, 1.54) is 32.1 Å². The molecule has 0 aromatic carbocycles. The van der Waals surface area contributed by atoms with E-state index in [2.05, 4.69) is 5.32 Å². The van der Waals surface area contributed by atoms with Crippen LogP contribution in [0.25, 0.3) is 0 Å². The Hall–Kier alpha value is -0.120. The first-order chi connectivity index (χ1) is 7.35. The van der Waals surface area contributed by atoms with E-state index in [0.717, 1.165) is 38.8 Å². The van der Waals surface area contributed by atoms with Gasteiger partial charge in [0.2, 0.25) is 0 Å². The third kappa shape index (κ3) is 3.44. The van der Waals surface area contributed by atoms with Gasteiger partial charge in [-0.3, -0.25) is 0 Å².